The fraction of sp³-hybridized carbons (Fsp3) is 1.00. The predicted molar refractivity (Wildman–Crippen MR) is 35.5 cm³/mol. The van der Waals surface area contributed by atoms with Crippen LogP contribution in [0.3, 0.4) is 0 Å². The van der Waals surface area contributed by atoms with E-state index in [-0.39, 0.29) is 79.4 Å². The molecule has 0 aromatic rings. The molecule has 15 heavy (non-hydrogen) atoms. The van der Waals surface area contributed by atoms with Crippen LogP contribution in [-0.2, 0) is 26.2 Å². The van der Waals surface area contributed by atoms with Crippen LogP contribution in [-0.4, -0.2) is 33.0 Å². The Morgan fingerprint density at radius 2 is 1.40 bits per heavy atom. The molecule has 0 aliphatic rings. The number of hydrogen-bond donors (Lipinski definition) is 2. The van der Waals surface area contributed by atoms with Gasteiger partial charge in [-0.05, 0) is 0 Å². The summed E-state index contributed by atoms with van der Waals surface area (Å²) in [7, 11) is -10.8. The molecule has 0 bridgehead atoms. The van der Waals surface area contributed by atoms with E-state index in [4.69, 9.17) is 10.00 Å². The molecule has 0 saturated carbocycles. The van der Waals surface area contributed by atoms with Crippen LogP contribution in [0.25, 0.3) is 0 Å². The molecule has 2 unspecified atom stereocenters. The zero-order valence-electron chi connectivity index (χ0n) is 7.49. The monoisotopic (exact) mass is 333 g/mol. The van der Waals surface area contributed by atoms with E-state index in [0.717, 1.165) is 0 Å². The maximum absolute atomic E-state index is 10.1. The molecule has 0 aromatic heterocycles. The number of rotatable bonds is 3. The Balaban J connectivity index is -0.0000000833. The van der Waals surface area contributed by atoms with Gasteiger partial charge in [-0.2, -0.15) is 0 Å². The maximum Gasteiger partial charge on any atom is 2.00 e. The van der Waals surface area contributed by atoms with Crippen molar-refractivity contribution in [1.82, 2.24) is 0 Å². The van der Waals surface area contributed by atoms with Gasteiger partial charge in [0, 0.05) is 0 Å². The van der Waals surface area contributed by atoms with Crippen LogP contribution in [0.5, 0.6) is 0 Å². The number of aliphatic hydroxyl groups excluding tert-OH is 1. The van der Waals surface area contributed by atoms with Gasteiger partial charge in [0.25, 0.3) is 0 Å². The zero-order chi connectivity index (χ0) is 9.28. The molecular formula is C2H9KMnO9P2. The first kappa shape index (κ1) is 30.4. The molecule has 0 heterocycles. The Morgan fingerprint density at radius 3 is 1.40 bits per heavy atom. The fourth-order valence-corrected chi connectivity index (χ4v) is 2.22. The Bertz CT molecular complexity index is 200. The van der Waals surface area contributed by atoms with Crippen LogP contribution in [0.4, 0.5) is 0 Å². The molecule has 0 fully saturated rings. The largest absolute Gasteiger partial charge is 2.00 e. The van der Waals surface area contributed by atoms with Crippen molar-refractivity contribution in [3.8, 4) is 0 Å². The second-order valence-electron chi connectivity index (χ2n) is 1.77. The first-order valence-electron chi connectivity index (χ1n) is 2.35. The topological polar surface area (TPSA) is 207 Å². The van der Waals surface area contributed by atoms with E-state index in [1.54, 1.807) is 0 Å². The minimum Gasteiger partial charge on any atom is -0.810 e. The van der Waals surface area contributed by atoms with Gasteiger partial charge < -0.3 is 44.8 Å². The van der Waals surface area contributed by atoms with Gasteiger partial charge in [-0.3, -0.25) is 0 Å². The van der Waals surface area contributed by atoms with E-state index in [2.05, 4.69) is 0 Å². The minimum absolute atomic E-state index is 0. The summed E-state index contributed by atoms with van der Waals surface area (Å²) in [5.41, 5.74) is 0. The average Bonchev–Trinajstić information content (AvgIpc) is 1.56. The standard InChI is InChI=1S/C2H8O7P2.K.Mn.2H2O/c3-1-2(10(4,5)6)11(7,8)9;;;;/h2-3H,1H2,(H2,4,5,6)(H2,7,8,9);;;2*1H2/q;+1;+2;;/p-3. The first-order valence-corrected chi connectivity index (χ1v) is 5.61. The molecule has 0 amide bonds. The molecule has 0 saturated heterocycles. The smallest absolute Gasteiger partial charge is 0.810 e. The Morgan fingerprint density at radius 1 is 1.13 bits per heavy atom. The summed E-state index contributed by atoms with van der Waals surface area (Å²) in [6, 6.07) is 0. The van der Waals surface area contributed by atoms with E-state index in [1.165, 1.54) is 0 Å². The molecule has 0 spiro atoms. The number of aliphatic hydroxyl groups is 1. The van der Waals surface area contributed by atoms with E-state index >= 15 is 0 Å². The van der Waals surface area contributed by atoms with Gasteiger partial charge in [0.1, 0.15) is 7.60 Å². The third kappa shape index (κ3) is 12.6. The van der Waals surface area contributed by atoms with Crippen molar-refractivity contribution in [1.29, 1.82) is 0 Å². The van der Waals surface area contributed by atoms with Gasteiger partial charge in [0.15, 0.2) is 0 Å². The van der Waals surface area contributed by atoms with Gasteiger partial charge in [-0.1, -0.05) is 7.60 Å². The Hall–Kier alpha value is 2.34. The summed E-state index contributed by atoms with van der Waals surface area (Å²) in [4.78, 5) is 38.1. The summed E-state index contributed by atoms with van der Waals surface area (Å²) < 4.78 is 20.0. The first-order chi connectivity index (χ1) is 4.69. The van der Waals surface area contributed by atoms with Crippen molar-refractivity contribution in [3.05, 3.63) is 0 Å². The average molecular weight is 333 g/mol. The van der Waals surface area contributed by atoms with Crippen LogP contribution in [0.15, 0.2) is 0 Å². The van der Waals surface area contributed by atoms with Crippen LogP contribution in [0.1, 0.15) is 0 Å². The summed E-state index contributed by atoms with van der Waals surface area (Å²) >= 11 is 0. The molecule has 0 rings (SSSR count). The summed E-state index contributed by atoms with van der Waals surface area (Å²) in [5.74, 6) is 0. The summed E-state index contributed by atoms with van der Waals surface area (Å²) in [6.07, 6.45) is 0. The maximum atomic E-state index is 10.1. The minimum atomic E-state index is -5.47. The second kappa shape index (κ2) is 11.4. The third-order valence-corrected chi connectivity index (χ3v) is 4.44. The van der Waals surface area contributed by atoms with Crippen molar-refractivity contribution >= 4 is 15.2 Å². The molecule has 13 heteroatoms. The van der Waals surface area contributed by atoms with Crippen LogP contribution < -0.4 is 66.1 Å². The van der Waals surface area contributed by atoms with E-state index < -0.39 is 27.2 Å². The molecule has 0 aromatic carbocycles. The van der Waals surface area contributed by atoms with Gasteiger partial charge in [-0.15, -0.1) is 0 Å². The van der Waals surface area contributed by atoms with Gasteiger partial charge >= 0.3 is 68.5 Å². The summed E-state index contributed by atoms with van der Waals surface area (Å²) in [5, 5.41) is 5.46. The molecule has 6 N–H and O–H groups in total. The normalized spacial score (nSPS) is 15.3. The molecular weight excluding hydrogens is 324 g/mol. The van der Waals surface area contributed by atoms with Gasteiger partial charge in [-0.25, -0.2) is 0 Å². The Kier molecular flexibility index (Phi) is 23.2. The molecule has 89 valence electrons. The summed E-state index contributed by atoms with van der Waals surface area (Å²) in [6.45, 7) is -1.43. The van der Waals surface area contributed by atoms with Crippen LogP contribution in [0.2, 0.25) is 0 Å². The third-order valence-electron chi connectivity index (χ3n) is 0.905. The molecule has 1 radical (unpaired) electrons. The Labute approximate surface area is 138 Å². The second-order valence-corrected chi connectivity index (χ2v) is 5.63. The van der Waals surface area contributed by atoms with Crippen molar-refractivity contribution in [3.63, 3.8) is 0 Å². The van der Waals surface area contributed by atoms with Crippen molar-refractivity contribution in [2.24, 2.45) is 0 Å². The zero-order valence-corrected chi connectivity index (χ0v) is 13.6. The van der Waals surface area contributed by atoms with Gasteiger partial charge in [0.2, 0.25) is 0 Å². The molecule has 2 atom stereocenters. The predicted octanol–water partition coefficient (Wildman–Crippen LogP) is -7.88. The van der Waals surface area contributed by atoms with Crippen LogP contribution >= 0.6 is 15.2 Å². The molecule has 0 aliphatic heterocycles. The molecule has 9 nitrogen and oxygen atoms in total. The quantitative estimate of drug-likeness (QED) is 0.376. The van der Waals surface area contributed by atoms with Crippen molar-refractivity contribution in [2.45, 2.75) is 5.40 Å². The van der Waals surface area contributed by atoms with E-state index in [0.29, 0.717) is 0 Å². The SMILES string of the molecule is O.O.O=P([O-])([O-])C(CO)P(=O)([O-])O.[K+].[Mn+2]. The van der Waals surface area contributed by atoms with E-state index in [9.17, 15) is 23.8 Å². The van der Waals surface area contributed by atoms with Gasteiger partial charge in [0.05, 0.1) is 12.0 Å². The van der Waals surface area contributed by atoms with Crippen LogP contribution in [0, 0.1) is 0 Å². The fourth-order valence-electron chi connectivity index (χ4n) is 0.382. The molecule has 0 aliphatic carbocycles. The van der Waals surface area contributed by atoms with E-state index in [1.807, 2.05) is 0 Å². The van der Waals surface area contributed by atoms with Crippen molar-refractivity contribution in [2.75, 3.05) is 6.61 Å². The van der Waals surface area contributed by atoms with Crippen molar-refractivity contribution < 1.29 is 113 Å². The number of hydrogen-bond acceptors (Lipinski definition) is 6.